The number of hydrogen-bond acceptors (Lipinski definition) is 2. The average molecular weight is 246 g/mol. The molecule has 0 amide bonds. The fourth-order valence-corrected chi connectivity index (χ4v) is 3.14. The van der Waals surface area contributed by atoms with E-state index < -0.39 is 0 Å². The van der Waals surface area contributed by atoms with E-state index in [1.54, 1.807) is 17.8 Å². The highest BCUT2D eigenvalue weighted by Crippen LogP contribution is 2.36. The summed E-state index contributed by atoms with van der Waals surface area (Å²) in [5, 5.41) is 0.654. The quantitative estimate of drug-likeness (QED) is 0.757. The molecule has 0 spiro atoms. The van der Waals surface area contributed by atoms with E-state index in [2.05, 4.69) is 6.92 Å². The second-order valence-corrected chi connectivity index (χ2v) is 5.73. The number of halogens is 2. The Morgan fingerprint density at radius 1 is 1.53 bits per heavy atom. The molecule has 0 radical (unpaired) electrons. The maximum absolute atomic E-state index is 13.8. The lowest BCUT2D eigenvalue weighted by atomic mass is 9.98. The van der Waals surface area contributed by atoms with Crippen molar-refractivity contribution < 1.29 is 4.39 Å². The third kappa shape index (κ3) is 2.14. The zero-order valence-electron chi connectivity index (χ0n) is 8.47. The Morgan fingerprint density at radius 2 is 2.27 bits per heavy atom. The van der Waals surface area contributed by atoms with E-state index in [0.29, 0.717) is 16.6 Å². The number of hydrogen-bond donors (Lipinski definition) is 1. The molecule has 1 aromatic rings. The van der Waals surface area contributed by atoms with Gasteiger partial charge in [0.05, 0.1) is 5.02 Å². The number of fused-ring (bicyclic) bond motifs is 1. The van der Waals surface area contributed by atoms with Crippen LogP contribution in [0, 0.1) is 5.82 Å². The maximum Gasteiger partial charge on any atom is 0.146 e. The van der Waals surface area contributed by atoms with Gasteiger partial charge in [0, 0.05) is 22.6 Å². The van der Waals surface area contributed by atoms with Crippen LogP contribution in [0.2, 0.25) is 5.02 Å². The Balaban J connectivity index is 2.48. The fourth-order valence-electron chi connectivity index (χ4n) is 1.88. The summed E-state index contributed by atoms with van der Waals surface area (Å²) in [6.45, 7) is 2.12. The number of thioether (sulfide) groups is 1. The molecule has 0 fully saturated rings. The lowest BCUT2D eigenvalue weighted by Gasteiger charge is -2.14. The zero-order chi connectivity index (χ0) is 11.0. The van der Waals surface area contributed by atoms with E-state index in [9.17, 15) is 4.39 Å². The van der Waals surface area contributed by atoms with Crippen LogP contribution < -0.4 is 5.73 Å². The van der Waals surface area contributed by atoms with Gasteiger partial charge in [0.15, 0.2) is 0 Å². The first-order valence-corrected chi connectivity index (χ1v) is 6.36. The first kappa shape index (κ1) is 11.2. The highest BCUT2D eigenvalue weighted by molar-refractivity contribution is 7.99. The van der Waals surface area contributed by atoms with Crippen LogP contribution in [0.3, 0.4) is 0 Å². The Labute approximate surface area is 98.2 Å². The standard InChI is InChI=1S/C11H13ClFNS/c1-6-4-10(14)7-2-3-9(12)11(13)8(7)5-15-6/h2-3,6,10H,4-5,14H2,1H3/t6?,10-/m1/s1. The molecule has 2 N–H and O–H groups in total. The summed E-state index contributed by atoms with van der Waals surface area (Å²) in [4.78, 5) is 0. The van der Waals surface area contributed by atoms with Crippen LogP contribution in [-0.4, -0.2) is 5.25 Å². The fraction of sp³-hybridized carbons (Fsp3) is 0.455. The minimum atomic E-state index is -0.300. The van der Waals surface area contributed by atoms with Crippen molar-refractivity contribution in [3.63, 3.8) is 0 Å². The Bertz CT molecular complexity index is 383. The first-order chi connectivity index (χ1) is 7.09. The van der Waals surface area contributed by atoms with Crippen LogP contribution in [0.25, 0.3) is 0 Å². The predicted octanol–water partition coefficient (Wildman–Crippen LogP) is 3.50. The van der Waals surface area contributed by atoms with Crippen molar-refractivity contribution in [1.29, 1.82) is 0 Å². The van der Waals surface area contributed by atoms with E-state index in [1.807, 2.05) is 6.07 Å². The Hall–Kier alpha value is -0.250. The van der Waals surface area contributed by atoms with Crippen molar-refractivity contribution in [2.45, 2.75) is 30.4 Å². The molecule has 82 valence electrons. The largest absolute Gasteiger partial charge is 0.324 e. The van der Waals surface area contributed by atoms with Gasteiger partial charge in [0.1, 0.15) is 5.82 Å². The molecule has 4 heteroatoms. The SMILES string of the molecule is CC1C[C@@H](N)c2ccc(Cl)c(F)c2CS1. The summed E-state index contributed by atoms with van der Waals surface area (Å²) in [5.74, 6) is 0.363. The molecule has 1 aromatic carbocycles. The number of rotatable bonds is 0. The van der Waals surface area contributed by atoms with Gasteiger partial charge < -0.3 is 5.73 Å². The van der Waals surface area contributed by atoms with Crippen LogP contribution in [0.1, 0.15) is 30.5 Å². The highest BCUT2D eigenvalue weighted by Gasteiger charge is 2.23. The average Bonchev–Trinajstić information content (AvgIpc) is 2.32. The summed E-state index contributed by atoms with van der Waals surface area (Å²) >= 11 is 7.49. The van der Waals surface area contributed by atoms with Crippen LogP contribution >= 0.6 is 23.4 Å². The minimum Gasteiger partial charge on any atom is -0.324 e. The van der Waals surface area contributed by atoms with E-state index in [1.165, 1.54) is 0 Å². The van der Waals surface area contributed by atoms with Crippen molar-refractivity contribution in [2.75, 3.05) is 0 Å². The second kappa shape index (κ2) is 4.32. The van der Waals surface area contributed by atoms with Gasteiger partial charge >= 0.3 is 0 Å². The van der Waals surface area contributed by atoms with Crippen molar-refractivity contribution in [1.82, 2.24) is 0 Å². The van der Waals surface area contributed by atoms with E-state index >= 15 is 0 Å². The molecular weight excluding hydrogens is 233 g/mol. The van der Waals surface area contributed by atoms with Gasteiger partial charge in [-0.15, -0.1) is 0 Å². The molecule has 1 unspecified atom stereocenters. The van der Waals surface area contributed by atoms with Gasteiger partial charge in [0.25, 0.3) is 0 Å². The Morgan fingerprint density at radius 3 is 3.00 bits per heavy atom. The van der Waals surface area contributed by atoms with Gasteiger partial charge in [-0.05, 0) is 18.1 Å². The third-order valence-electron chi connectivity index (χ3n) is 2.73. The molecule has 15 heavy (non-hydrogen) atoms. The predicted molar refractivity (Wildman–Crippen MR) is 63.7 cm³/mol. The van der Waals surface area contributed by atoms with Gasteiger partial charge in [-0.2, -0.15) is 11.8 Å². The van der Waals surface area contributed by atoms with Gasteiger partial charge in [-0.3, -0.25) is 0 Å². The minimum absolute atomic E-state index is 0.0724. The summed E-state index contributed by atoms with van der Waals surface area (Å²) < 4.78 is 13.8. The molecule has 0 saturated carbocycles. The van der Waals surface area contributed by atoms with Crippen LogP contribution in [0.4, 0.5) is 4.39 Å². The molecule has 1 aliphatic heterocycles. The molecule has 0 aromatic heterocycles. The zero-order valence-corrected chi connectivity index (χ0v) is 10.0. The summed E-state index contributed by atoms with van der Waals surface area (Å²) in [6.07, 6.45) is 0.888. The van der Waals surface area contributed by atoms with E-state index in [4.69, 9.17) is 17.3 Å². The van der Waals surface area contributed by atoms with Crippen molar-refractivity contribution in [3.05, 3.63) is 34.1 Å². The molecule has 0 aliphatic carbocycles. The van der Waals surface area contributed by atoms with Gasteiger partial charge in [-0.1, -0.05) is 24.6 Å². The lowest BCUT2D eigenvalue weighted by molar-refractivity contribution is 0.601. The second-order valence-electron chi connectivity index (χ2n) is 3.89. The molecule has 0 saturated heterocycles. The molecule has 1 aliphatic rings. The molecular formula is C11H13ClFNS. The molecule has 2 rings (SSSR count). The third-order valence-corrected chi connectivity index (χ3v) is 4.24. The van der Waals surface area contributed by atoms with Crippen LogP contribution in [-0.2, 0) is 5.75 Å². The van der Waals surface area contributed by atoms with Crippen molar-refractivity contribution >= 4 is 23.4 Å². The topological polar surface area (TPSA) is 26.0 Å². The highest BCUT2D eigenvalue weighted by atomic mass is 35.5. The monoisotopic (exact) mass is 245 g/mol. The van der Waals surface area contributed by atoms with E-state index in [-0.39, 0.29) is 16.9 Å². The smallest absolute Gasteiger partial charge is 0.146 e. The van der Waals surface area contributed by atoms with E-state index in [0.717, 1.165) is 12.0 Å². The molecule has 1 nitrogen and oxygen atoms in total. The maximum atomic E-state index is 13.8. The first-order valence-electron chi connectivity index (χ1n) is 4.93. The van der Waals surface area contributed by atoms with Crippen molar-refractivity contribution in [3.8, 4) is 0 Å². The molecule has 1 heterocycles. The molecule has 2 atom stereocenters. The summed E-state index contributed by atoms with van der Waals surface area (Å²) in [5.41, 5.74) is 7.63. The summed E-state index contributed by atoms with van der Waals surface area (Å²) in [6, 6.07) is 3.37. The normalized spacial score (nSPS) is 25.9. The van der Waals surface area contributed by atoms with Crippen molar-refractivity contribution in [2.24, 2.45) is 5.73 Å². The van der Waals surface area contributed by atoms with Gasteiger partial charge in [-0.25, -0.2) is 4.39 Å². The number of benzene rings is 1. The lowest BCUT2D eigenvalue weighted by Crippen LogP contribution is -2.14. The Kier molecular flexibility index (Phi) is 3.24. The summed E-state index contributed by atoms with van der Waals surface area (Å²) in [7, 11) is 0. The van der Waals surface area contributed by atoms with Gasteiger partial charge in [0.2, 0.25) is 0 Å². The number of nitrogens with two attached hydrogens (primary N) is 1. The molecule has 0 bridgehead atoms. The van der Waals surface area contributed by atoms with Crippen LogP contribution in [0.15, 0.2) is 12.1 Å². The van der Waals surface area contributed by atoms with Crippen LogP contribution in [0.5, 0.6) is 0 Å².